The number of hydrogen-bond acceptors (Lipinski definition) is 2. The number of para-hydroxylation sites is 1. The maximum atomic E-state index is 11.9. The van der Waals surface area contributed by atoms with E-state index in [0.717, 1.165) is 5.56 Å². The molecule has 2 N–H and O–H groups in total. The summed E-state index contributed by atoms with van der Waals surface area (Å²) in [6, 6.07) is 14.0. The standard InChI is InChI=1S/C16H16Cl2N2O2/c1-22-15(11-6-2-3-7-12(11)17)10-19-16(21)20-14-9-5-4-8-13(14)18/h2-9,15H,10H2,1H3,(H2,19,20,21)/t15-/m1/s1. The molecule has 0 aromatic heterocycles. The Kier molecular flexibility index (Phi) is 6.07. The van der Waals surface area contributed by atoms with Gasteiger partial charge in [-0.05, 0) is 18.2 Å². The topological polar surface area (TPSA) is 50.4 Å². The highest BCUT2D eigenvalue weighted by Gasteiger charge is 2.15. The van der Waals surface area contributed by atoms with Crippen LogP contribution in [0.15, 0.2) is 48.5 Å². The summed E-state index contributed by atoms with van der Waals surface area (Å²) in [5.41, 5.74) is 1.37. The zero-order valence-corrected chi connectivity index (χ0v) is 13.5. The zero-order chi connectivity index (χ0) is 15.9. The Morgan fingerprint density at radius 2 is 1.73 bits per heavy atom. The number of anilines is 1. The van der Waals surface area contributed by atoms with Gasteiger partial charge in [-0.15, -0.1) is 0 Å². The Labute approximate surface area is 139 Å². The minimum atomic E-state index is -0.359. The van der Waals surface area contributed by atoms with Crippen molar-refractivity contribution in [1.82, 2.24) is 5.32 Å². The first-order chi connectivity index (χ1) is 10.6. The molecule has 0 saturated heterocycles. The van der Waals surface area contributed by atoms with Crippen molar-refractivity contribution in [3.8, 4) is 0 Å². The van der Waals surface area contributed by atoms with Gasteiger partial charge in [0.15, 0.2) is 0 Å². The van der Waals surface area contributed by atoms with Crippen molar-refractivity contribution in [2.45, 2.75) is 6.10 Å². The summed E-state index contributed by atoms with van der Waals surface area (Å²) in [5, 5.41) is 6.51. The fourth-order valence-electron chi connectivity index (χ4n) is 1.97. The van der Waals surface area contributed by atoms with Gasteiger partial charge in [-0.1, -0.05) is 53.5 Å². The van der Waals surface area contributed by atoms with Crippen LogP contribution in [-0.4, -0.2) is 19.7 Å². The average Bonchev–Trinajstić information content (AvgIpc) is 2.52. The second-order valence-electron chi connectivity index (χ2n) is 4.56. The molecule has 116 valence electrons. The third-order valence-electron chi connectivity index (χ3n) is 3.11. The number of halogens is 2. The quantitative estimate of drug-likeness (QED) is 0.842. The monoisotopic (exact) mass is 338 g/mol. The lowest BCUT2D eigenvalue weighted by molar-refractivity contribution is 0.104. The zero-order valence-electron chi connectivity index (χ0n) is 12.0. The predicted octanol–water partition coefficient (Wildman–Crippen LogP) is 4.50. The molecule has 1 atom stereocenters. The smallest absolute Gasteiger partial charge is 0.319 e. The average molecular weight is 339 g/mol. The third kappa shape index (κ3) is 4.37. The number of hydrogen-bond donors (Lipinski definition) is 2. The van der Waals surface area contributed by atoms with Crippen LogP contribution in [0.3, 0.4) is 0 Å². The van der Waals surface area contributed by atoms with Gasteiger partial charge in [-0.25, -0.2) is 4.79 Å². The van der Waals surface area contributed by atoms with Crippen LogP contribution in [0.4, 0.5) is 10.5 Å². The highest BCUT2D eigenvalue weighted by molar-refractivity contribution is 6.33. The van der Waals surface area contributed by atoms with Gasteiger partial charge >= 0.3 is 6.03 Å². The van der Waals surface area contributed by atoms with Gasteiger partial charge in [0, 0.05) is 24.2 Å². The van der Waals surface area contributed by atoms with E-state index in [0.29, 0.717) is 15.7 Å². The molecule has 0 fully saturated rings. The number of nitrogens with one attached hydrogen (secondary N) is 2. The van der Waals surface area contributed by atoms with Gasteiger partial charge in [0.2, 0.25) is 0 Å². The highest BCUT2D eigenvalue weighted by atomic mass is 35.5. The van der Waals surface area contributed by atoms with Gasteiger partial charge in [0.1, 0.15) is 6.10 Å². The molecule has 0 saturated carbocycles. The van der Waals surface area contributed by atoms with E-state index in [9.17, 15) is 4.79 Å². The first-order valence-electron chi connectivity index (χ1n) is 6.68. The van der Waals surface area contributed by atoms with Gasteiger partial charge in [-0.2, -0.15) is 0 Å². The van der Waals surface area contributed by atoms with Gasteiger partial charge in [-0.3, -0.25) is 0 Å². The number of rotatable bonds is 5. The summed E-state index contributed by atoms with van der Waals surface area (Å²) in [6.45, 7) is 0.288. The Hall–Kier alpha value is -1.75. The van der Waals surface area contributed by atoms with Crippen molar-refractivity contribution in [3.05, 3.63) is 64.1 Å². The summed E-state index contributed by atoms with van der Waals surface area (Å²) in [6.07, 6.45) is -0.328. The largest absolute Gasteiger partial charge is 0.375 e. The third-order valence-corrected chi connectivity index (χ3v) is 3.78. The first-order valence-corrected chi connectivity index (χ1v) is 7.44. The van der Waals surface area contributed by atoms with Crippen LogP contribution in [0.5, 0.6) is 0 Å². The number of benzene rings is 2. The van der Waals surface area contributed by atoms with Crippen LogP contribution >= 0.6 is 23.2 Å². The highest BCUT2D eigenvalue weighted by Crippen LogP contribution is 2.24. The van der Waals surface area contributed by atoms with E-state index < -0.39 is 0 Å². The van der Waals surface area contributed by atoms with Gasteiger partial charge in [0.25, 0.3) is 0 Å². The second-order valence-corrected chi connectivity index (χ2v) is 5.38. The maximum absolute atomic E-state index is 11.9. The molecule has 4 nitrogen and oxygen atoms in total. The van der Waals surface area contributed by atoms with Crippen molar-refractivity contribution in [3.63, 3.8) is 0 Å². The Morgan fingerprint density at radius 1 is 1.09 bits per heavy atom. The number of urea groups is 1. The molecule has 0 aliphatic rings. The Morgan fingerprint density at radius 3 is 2.36 bits per heavy atom. The molecule has 2 rings (SSSR count). The van der Waals surface area contributed by atoms with Crippen LogP contribution in [0.2, 0.25) is 10.0 Å². The molecule has 22 heavy (non-hydrogen) atoms. The lowest BCUT2D eigenvalue weighted by atomic mass is 10.1. The van der Waals surface area contributed by atoms with Crippen LogP contribution in [-0.2, 0) is 4.74 Å². The first kappa shape index (κ1) is 16.6. The summed E-state index contributed by atoms with van der Waals surface area (Å²) in [4.78, 5) is 11.9. The fourth-order valence-corrected chi connectivity index (χ4v) is 2.41. The molecule has 0 radical (unpaired) electrons. The van der Waals surface area contributed by atoms with Crippen molar-refractivity contribution in [2.75, 3.05) is 19.0 Å². The van der Waals surface area contributed by atoms with Gasteiger partial charge < -0.3 is 15.4 Å². The number of carbonyl (C=O) groups is 1. The molecular formula is C16H16Cl2N2O2. The van der Waals surface area contributed by atoms with Crippen molar-refractivity contribution < 1.29 is 9.53 Å². The van der Waals surface area contributed by atoms with E-state index in [2.05, 4.69) is 10.6 Å². The fraction of sp³-hybridized carbons (Fsp3) is 0.188. The lowest BCUT2D eigenvalue weighted by Crippen LogP contribution is -2.33. The summed E-state index contributed by atoms with van der Waals surface area (Å²) >= 11 is 12.1. The number of ether oxygens (including phenoxy) is 1. The van der Waals surface area contributed by atoms with Crippen LogP contribution in [0.1, 0.15) is 11.7 Å². The predicted molar refractivity (Wildman–Crippen MR) is 89.7 cm³/mol. The molecule has 0 bridgehead atoms. The maximum Gasteiger partial charge on any atom is 0.319 e. The Balaban J connectivity index is 1.95. The molecule has 0 aliphatic heterocycles. The van der Waals surface area contributed by atoms with E-state index in [4.69, 9.17) is 27.9 Å². The summed E-state index contributed by atoms with van der Waals surface area (Å²) in [5.74, 6) is 0. The molecule has 2 aromatic rings. The number of amides is 2. The molecule has 0 unspecified atom stereocenters. The van der Waals surface area contributed by atoms with E-state index in [-0.39, 0.29) is 18.7 Å². The molecule has 0 heterocycles. The van der Waals surface area contributed by atoms with E-state index in [1.165, 1.54) is 0 Å². The molecular weight excluding hydrogens is 323 g/mol. The minimum Gasteiger partial charge on any atom is -0.375 e. The molecule has 6 heteroatoms. The molecule has 2 amide bonds. The van der Waals surface area contributed by atoms with Crippen molar-refractivity contribution in [1.29, 1.82) is 0 Å². The number of carbonyl (C=O) groups excluding carboxylic acids is 1. The van der Waals surface area contributed by atoms with Crippen LogP contribution < -0.4 is 10.6 Å². The molecule has 2 aromatic carbocycles. The van der Waals surface area contributed by atoms with E-state index in [1.54, 1.807) is 37.4 Å². The number of methoxy groups -OCH3 is 1. The van der Waals surface area contributed by atoms with Crippen LogP contribution in [0.25, 0.3) is 0 Å². The minimum absolute atomic E-state index is 0.288. The normalized spacial score (nSPS) is 11.8. The van der Waals surface area contributed by atoms with E-state index in [1.807, 2.05) is 18.2 Å². The van der Waals surface area contributed by atoms with Crippen molar-refractivity contribution in [2.24, 2.45) is 0 Å². The SMILES string of the molecule is CO[C@H](CNC(=O)Nc1ccccc1Cl)c1ccccc1Cl. The Bertz CT molecular complexity index is 650. The second kappa shape index (κ2) is 8.03. The van der Waals surface area contributed by atoms with Crippen LogP contribution in [0, 0.1) is 0 Å². The van der Waals surface area contributed by atoms with Crippen molar-refractivity contribution >= 4 is 34.9 Å². The molecule has 0 aliphatic carbocycles. The van der Waals surface area contributed by atoms with E-state index >= 15 is 0 Å². The molecule has 0 spiro atoms. The summed E-state index contributed by atoms with van der Waals surface area (Å²) < 4.78 is 5.39. The van der Waals surface area contributed by atoms with Gasteiger partial charge in [0.05, 0.1) is 10.7 Å². The summed E-state index contributed by atoms with van der Waals surface area (Å²) in [7, 11) is 1.57. The lowest BCUT2D eigenvalue weighted by Gasteiger charge is -2.18.